The van der Waals surface area contributed by atoms with Crippen LogP contribution < -0.4 is 9.38 Å². The molecule has 0 atom stereocenters. The van der Waals surface area contributed by atoms with Crippen LogP contribution in [0.3, 0.4) is 0 Å². The van der Waals surface area contributed by atoms with E-state index in [2.05, 4.69) is 132 Å². The van der Waals surface area contributed by atoms with Crippen molar-refractivity contribution in [2.24, 2.45) is 0 Å². The number of benzene rings is 2. The Bertz CT molecular complexity index is 1030. The SMILES string of the molecule is CC1=CC(=C(c2ccc(N(C)C)cc2)c2ccc([N+](C)(C)C)cc2)C(=[N+](C)C)C=C1. The molecule has 1 aliphatic rings. The summed E-state index contributed by atoms with van der Waals surface area (Å²) in [6.45, 7) is 2.16. The molecule has 0 N–H and O–H groups in total. The lowest BCUT2D eigenvalue weighted by Crippen LogP contribution is -2.34. The molecule has 156 valence electrons. The lowest BCUT2D eigenvalue weighted by Gasteiger charge is -2.24. The normalized spacial score (nSPS) is 15.7. The van der Waals surface area contributed by atoms with Gasteiger partial charge >= 0.3 is 0 Å². The molecule has 0 heterocycles. The zero-order valence-electron chi connectivity index (χ0n) is 19.7. The van der Waals surface area contributed by atoms with Crippen molar-refractivity contribution in [1.29, 1.82) is 0 Å². The van der Waals surface area contributed by atoms with Crippen molar-refractivity contribution in [3.8, 4) is 0 Å². The Hall–Kier alpha value is -2.91. The van der Waals surface area contributed by atoms with Crippen LogP contribution in [0.1, 0.15) is 18.1 Å². The van der Waals surface area contributed by atoms with Gasteiger partial charge in [-0.15, -0.1) is 0 Å². The number of allylic oxidation sites excluding steroid dienone is 5. The third kappa shape index (κ3) is 4.63. The number of hydrogen-bond acceptors (Lipinski definition) is 1. The molecule has 0 unspecified atom stereocenters. The average Bonchev–Trinajstić information content (AvgIpc) is 2.68. The zero-order valence-corrected chi connectivity index (χ0v) is 19.7. The third-order valence-corrected chi connectivity index (χ3v) is 5.51. The molecule has 3 nitrogen and oxygen atoms in total. The van der Waals surface area contributed by atoms with E-state index in [1.807, 2.05) is 0 Å². The second kappa shape index (κ2) is 8.45. The van der Waals surface area contributed by atoms with Gasteiger partial charge in [0.25, 0.3) is 0 Å². The number of anilines is 1. The van der Waals surface area contributed by atoms with E-state index < -0.39 is 0 Å². The summed E-state index contributed by atoms with van der Waals surface area (Å²) in [4.78, 5) is 2.14. The van der Waals surface area contributed by atoms with Crippen molar-refractivity contribution in [1.82, 2.24) is 4.48 Å². The van der Waals surface area contributed by atoms with Gasteiger partial charge in [-0.25, -0.2) is 4.58 Å². The Balaban J connectivity index is 2.27. The molecule has 3 heteroatoms. The Kier molecular flexibility index (Phi) is 6.14. The third-order valence-electron chi connectivity index (χ3n) is 5.51. The fourth-order valence-corrected chi connectivity index (χ4v) is 3.72. The van der Waals surface area contributed by atoms with Crippen molar-refractivity contribution in [2.75, 3.05) is 54.2 Å². The number of quaternary nitrogens is 1. The lowest BCUT2D eigenvalue weighted by atomic mass is 9.87. The van der Waals surface area contributed by atoms with Crippen molar-refractivity contribution >= 4 is 22.7 Å². The van der Waals surface area contributed by atoms with Crippen molar-refractivity contribution in [3.63, 3.8) is 0 Å². The zero-order chi connectivity index (χ0) is 22.1. The van der Waals surface area contributed by atoms with Crippen molar-refractivity contribution in [3.05, 3.63) is 89.0 Å². The molecule has 0 aliphatic heterocycles. The van der Waals surface area contributed by atoms with Gasteiger partial charge in [-0.3, -0.25) is 4.48 Å². The molecule has 0 aromatic heterocycles. The van der Waals surface area contributed by atoms with E-state index in [1.54, 1.807) is 0 Å². The van der Waals surface area contributed by atoms with Crippen LogP contribution in [0.2, 0.25) is 0 Å². The van der Waals surface area contributed by atoms with Crippen LogP contribution in [0.15, 0.2) is 77.9 Å². The minimum atomic E-state index is 0.806. The fourth-order valence-electron chi connectivity index (χ4n) is 3.72. The van der Waals surface area contributed by atoms with Crippen LogP contribution >= 0.6 is 0 Å². The van der Waals surface area contributed by atoms with E-state index in [-0.39, 0.29) is 0 Å². The molecular formula is C27H35N3+2. The summed E-state index contributed by atoms with van der Waals surface area (Å²) in [6, 6.07) is 17.9. The van der Waals surface area contributed by atoms with Gasteiger partial charge in [0.05, 0.1) is 26.7 Å². The molecule has 2 aromatic rings. The van der Waals surface area contributed by atoms with E-state index >= 15 is 0 Å². The van der Waals surface area contributed by atoms with Gasteiger partial charge in [0.15, 0.2) is 0 Å². The van der Waals surface area contributed by atoms with Crippen molar-refractivity contribution in [2.45, 2.75) is 6.92 Å². The fraction of sp³-hybridized carbons (Fsp3) is 0.296. The van der Waals surface area contributed by atoms with Gasteiger partial charge in [-0.05, 0) is 60.5 Å². The molecule has 30 heavy (non-hydrogen) atoms. The quantitative estimate of drug-likeness (QED) is 0.517. The highest BCUT2D eigenvalue weighted by atomic mass is 15.3. The molecule has 0 fully saturated rings. The number of nitrogens with zero attached hydrogens (tertiary/aromatic N) is 3. The standard InChI is InChI=1S/C27H35N3/c1-20-9-18-26(29(4)5)25(19-20)27(21-10-14-23(15-11-21)28(2)3)22-12-16-24(17-13-22)30(6,7)8/h9-19H,1-8H3/q+2. The number of rotatable bonds is 4. The van der Waals surface area contributed by atoms with Gasteiger partial charge in [0, 0.05) is 31.4 Å². The average molecular weight is 402 g/mol. The Labute approximate surface area is 182 Å². The smallest absolute Gasteiger partial charge is 0.207 e. The molecule has 0 saturated carbocycles. The lowest BCUT2D eigenvalue weighted by molar-refractivity contribution is -0.463. The monoisotopic (exact) mass is 401 g/mol. The summed E-state index contributed by atoms with van der Waals surface area (Å²) < 4.78 is 3.00. The Morgan fingerprint density at radius 2 is 1.33 bits per heavy atom. The van der Waals surface area contributed by atoms with E-state index in [1.165, 1.54) is 44.9 Å². The predicted molar refractivity (Wildman–Crippen MR) is 133 cm³/mol. The van der Waals surface area contributed by atoms with Crippen LogP contribution in [-0.2, 0) is 0 Å². The van der Waals surface area contributed by atoms with E-state index in [4.69, 9.17) is 0 Å². The Morgan fingerprint density at radius 3 is 1.80 bits per heavy atom. The van der Waals surface area contributed by atoms with Crippen LogP contribution in [0.25, 0.3) is 5.57 Å². The topological polar surface area (TPSA) is 6.25 Å². The first-order valence-electron chi connectivity index (χ1n) is 10.4. The predicted octanol–water partition coefficient (Wildman–Crippen LogP) is 4.98. The maximum Gasteiger partial charge on any atom is 0.207 e. The summed E-state index contributed by atoms with van der Waals surface area (Å²) >= 11 is 0. The van der Waals surface area contributed by atoms with Crippen LogP contribution in [0.5, 0.6) is 0 Å². The second-order valence-corrected chi connectivity index (χ2v) is 9.29. The maximum absolute atomic E-state index is 2.30. The molecule has 3 rings (SSSR count). The Morgan fingerprint density at radius 1 is 0.800 bits per heavy atom. The number of hydrogen-bond donors (Lipinski definition) is 0. The van der Waals surface area contributed by atoms with Crippen LogP contribution in [-0.4, -0.2) is 59.6 Å². The maximum atomic E-state index is 2.30. The molecule has 0 amide bonds. The highest BCUT2D eigenvalue weighted by molar-refractivity contribution is 6.15. The summed E-state index contributed by atoms with van der Waals surface area (Å²) in [5.74, 6) is 0. The molecule has 2 aromatic carbocycles. The van der Waals surface area contributed by atoms with E-state index in [0.29, 0.717) is 0 Å². The molecule has 0 bridgehead atoms. The van der Waals surface area contributed by atoms with Crippen molar-refractivity contribution < 1.29 is 4.58 Å². The van der Waals surface area contributed by atoms with Crippen LogP contribution in [0.4, 0.5) is 11.4 Å². The van der Waals surface area contributed by atoms with Gasteiger partial charge < -0.3 is 4.90 Å². The molecule has 0 radical (unpaired) electrons. The first kappa shape index (κ1) is 21.8. The van der Waals surface area contributed by atoms with Gasteiger partial charge in [-0.2, -0.15) is 0 Å². The summed E-state index contributed by atoms with van der Waals surface area (Å²) in [5, 5.41) is 0. The first-order chi connectivity index (χ1) is 14.1. The first-order valence-corrected chi connectivity index (χ1v) is 10.4. The largest absolute Gasteiger partial charge is 0.378 e. The van der Waals surface area contributed by atoms with E-state index in [0.717, 1.165) is 4.48 Å². The summed E-state index contributed by atoms with van der Waals surface area (Å²) in [7, 11) is 15.0. The second-order valence-electron chi connectivity index (χ2n) is 9.29. The summed E-state index contributed by atoms with van der Waals surface area (Å²) in [6.07, 6.45) is 6.71. The highest BCUT2D eigenvalue weighted by Crippen LogP contribution is 2.33. The molecule has 0 saturated heterocycles. The van der Waals surface area contributed by atoms with Gasteiger partial charge in [0.1, 0.15) is 19.8 Å². The minimum Gasteiger partial charge on any atom is -0.378 e. The van der Waals surface area contributed by atoms with Crippen LogP contribution in [0, 0.1) is 0 Å². The molecular weight excluding hydrogens is 366 g/mol. The van der Waals surface area contributed by atoms with Gasteiger partial charge in [0.2, 0.25) is 5.71 Å². The van der Waals surface area contributed by atoms with E-state index in [9.17, 15) is 0 Å². The molecule has 1 aliphatic carbocycles. The summed E-state index contributed by atoms with van der Waals surface area (Å²) in [5.41, 5.74) is 9.97. The molecule has 0 spiro atoms. The highest BCUT2D eigenvalue weighted by Gasteiger charge is 2.22. The minimum absolute atomic E-state index is 0.806. The van der Waals surface area contributed by atoms with Gasteiger partial charge in [-0.1, -0.05) is 23.8 Å².